The van der Waals surface area contributed by atoms with E-state index in [1.54, 1.807) is 11.3 Å². The van der Waals surface area contributed by atoms with Gasteiger partial charge in [0.15, 0.2) is 6.61 Å². The average molecular weight is 528 g/mol. The largest absolute Gasteiger partial charge is 0.494 e. The molecule has 4 aromatic rings. The third-order valence-electron chi connectivity index (χ3n) is 7.01. The van der Waals surface area contributed by atoms with Crippen LogP contribution in [0, 0.1) is 0 Å². The Kier molecular flexibility index (Phi) is 6.96. The lowest BCUT2D eigenvalue weighted by molar-refractivity contribution is -0.133. The number of hydrogen-bond donors (Lipinski definition) is 1. The van der Waals surface area contributed by atoms with Crippen LogP contribution in [0.2, 0.25) is 0 Å². The van der Waals surface area contributed by atoms with Crippen molar-refractivity contribution in [3.05, 3.63) is 88.4 Å². The van der Waals surface area contributed by atoms with Crippen LogP contribution < -0.4 is 14.8 Å². The number of nitrogens with one attached hydrogen (secondary N) is 1. The predicted octanol–water partition coefficient (Wildman–Crippen LogP) is 4.68. The van der Waals surface area contributed by atoms with Crippen molar-refractivity contribution < 1.29 is 19.1 Å². The van der Waals surface area contributed by atoms with Crippen molar-refractivity contribution >= 4 is 33.4 Å². The summed E-state index contributed by atoms with van der Waals surface area (Å²) in [6, 6.07) is 21.8. The summed E-state index contributed by atoms with van der Waals surface area (Å²) < 4.78 is 12.9. The number of aryl methyl sites for hydroxylation is 1. The summed E-state index contributed by atoms with van der Waals surface area (Å²) in [6.07, 6.45) is 2.43. The number of para-hydroxylation sites is 1. The van der Waals surface area contributed by atoms with E-state index in [-0.39, 0.29) is 24.5 Å². The Bertz CT molecular complexity index is 1450. The number of carbonyl (C=O) groups is 2. The predicted molar refractivity (Wildman–Crippen MR) is 147 cm³/mol. The summed E-state index contributed by atoms with van der Waals surface area (Å²) in [5, 5.41) is 3.85. The van der Waals surface area contributed by atoms with E-state index in [9.17, 15) is 9.59 Å². The van der Waals surface area contributed by atoms with Crippen LogP contribution >= 0.6 is 11.3 Å². The van der Waals surface area contributed by atoms with Crippen LogP contribution in [-0.2, 0) is 22.4 Å². The van der Waals surface area contributed by atoms with Gasteiger partial charge < -0.3 is 19.7 Å². The first kappa shape index (κ1) is 24.4. The SMILES string of the molecule is O=C1COc2ccc3c(c2)CCN(C(=O)CCc2nc4ccccc4s2)C3c2cccc(c2)OCCCN1. The van der Waals surface area contributed by atoms with E-state index in [2.05, 4.69) is 17.4 Å². The smallest absolute Gasteiger partial charge is 0.257 e. The van der Waals surface area contributed by atoms with E-state index in [1.807, 2.05) is 59.5 Å². The van der Waals surface area contributed by atoms with Crippen molar-refractivity contribution in [2.24, 2.45) is 0 Å². The number of aromatic nitrogens is 1. The van der Waals surface area contributed by atoms with Crippen molar-refractivity contribution in [1.82, 2.24) is 15.2 Å². The summed E-state index contributed by atoms with van der Waals surface area (Å²) in [5.74, 6) is 1.38. The van der Waals surface area contributed by atoms with E-state index in [1.165, 1.54) is 0 Å². The number of hydrogen-bond acceptors (Lipinski definition) is 6. The molecule has 0 fully saturated rings. The Hall–Kier alpha value is -3.91. The third kappa shape index (κ3) is 5.22. The molecule has 2 amide bonds. The molecule has 3 aliphatic rings. The molecule has 0 saturated heterocycles. The molecule has 194 valence electrons. The Morgan fingerprint density at radius 2 is 1.95 bits per heavy atom. The monoisotopic (exact) mass is 527 g/mol. The lowest BCUT2D eigenvalue weighted by Crippen LogP contribution is -2.40. The first-order chi connectivity index (χ1) is 18.6. The number of benzene rings is 3. The molecule has 3 aliphatic heterocycles. The van der Waals surface area contributed by atoms with Gasteiger partial charge in [-0.1, -0.05) is 30.3 Å². The molecule has 1 aromatic heterocycles. The molecule has 6 bridgehead atoms. The number of fused-ring (bicyclic) bond motifs is 9. The molecular weight excluding hydrogens is 498 g/mol. The highest BCUT2D eigenvalue weighted by Crippen LogP contribution is 2.38. The van der Waals surface area contributed by atoms with Crippen molar-refractivity contribution in [2.45, 2.75) is 31.7 Å². The molecule has 0 radical (unpaired) electrons. The molecule has 0 spiro atoms. The highest BCUT2D eigenvalue weighted by Gasteiger charge is 2.32. The molecule has 7 nitrogen and oxygen atoms in total. The van der Waals surface area contributed by atoms with E-state index in [0.717, 1.165) is 44.1 Å². The van der Waals surface area contributed by atoms with Gasteiger partial charge in [0.25, 0.3) is 5.91 Å². The van der Waals surface area contributed by atoms with Gasteiger partial charge in [-0.15, -0.1) is 11.3 Å². The fourth-order valence-corrected chi connectivity index (χ4v) is 6.14. The fourth-order valence-electron chi connectivity index (χ4n) is 5.17. The van der Waals surface area contributed by atoms with Crippen LogP contribution in [0.15, 0.2) is 66.7 Å². The zero-order chi connectivity index (χ0) is 25.9. The maximum Gasteiger partial charge on any atom is 0.257 e. The van der Waals surface area contributed by atoms with Crippen molar-refractivity contribution in [3.63, 3.8) is 0 Å². The standard InChI is InChI=1S/C30H29N3O4S/c34-27-19-37-23-9-10-24-20(17-23)13-15-33(29(35)12-11-28-32-25-7-1-2-8-26(25)38-28)30(24)21-5-3-6-22(18-21)36-16-4-14-31-27/h1-3,5-10,17-18,30H,4,11-16,19H2,(H,31,34). The lowest BCUT2D eigenvalue weighted by atomic mass is 9.87. The van der Waals surface area contributed by atoms with Gasteiger partial charge in [-0.25, -0.2) is 4.98 Å². The Morgan fingerprint density at radius 3 is 2.87 bits per heavy atom. The maximum absolute atomic E-state index is 13.7. The second-order valence-corrected chi connectivity index (χ2v) is 10.7. The van der Waals surface area contributed by atoms with Gasteiger partial charge in [-0.05, 0) is 65.9 Å². The summed E-state index contributed by atoms with van der Waals surface area (Å²) >= 11 is 1.65. The molecule has 7 rings (SSSR count). The van der Waals surface area contributed by atoms with E-state index >= 15 is 0 Å². The van der Waals surface area contributed by atoms with Crippen LogP contribution in [0.3, 0.4) is 0 Å². The third-order valence-corrected chi connectivity index (χ3v) is 8.11. The fraction of sp³-hybridized carbons (Fsp3) is 0.300. The first-order valence-corrected chi connectivity index (χ1v) is 13.8. The molecule has 0 saturated carbocycles. The minimum absolute atomic E-state index is 0.0293. The highest BCUT2D eigenvalue weighted by atomic mass is 32.1. The molecule has 1 atom stereocenters. The number of thiazole rings is 1. The zero-order valence-electron chi connectivity index (χ0n) is 21.0. The van der Waals surface area contributed by atoms with Gasteiger partial charge >= 0.3 is 0 Å². The van der Waals surface area contributed by atoms with Gasteiger partial charge in [0.2, 0.25) is 5.91 Å². The van der Waals surface area contributed by atoms with Gasteiger partial charge in [-0.3, -0.25) is 9.59 Å². The number of rotatable bonds is 3. The van der Waals surface area contributed by atoms with Gasteiger partial charge in [0, 0.05) is 25.9 Å². The van der Waals surface area contributed by atoms with Crippen LogP contribution in [-0.4, -0.2) is 48.0 Å². The molecule has 3 aromatic carbocycles. The molecule has 38 heavy (non-hydrogen) atoms. The van der Waals surface area contributed by atoms with E-state index in [4.69, 9.17) is 14.5 Å². The zero-order valence-corrected chi connectivity index (χ0v) is 21.8. The van der Waals surface area contributed by atoms with E-state index in [0.29, 0.717) is 44.7 Å². The number of carbonyl (C=O) groups excluding carboxylic acids is 2. The van der Waals surface area contributed by atoms with Crippen molar-refractivity contribution in [3.8, 4) is 11.5 Å². The van der Waals surface area contributed by atoms with E-state index < -0.39 is 0 Å². The van der Waals surface area contributed by atoms with Gasteiger partial charge in [0.1, 0.15) is 11.5 Å². The molecule has 1 N–H and O–H groups in total. The second kappa shape index (κ2) is 10.8. The minimum Gasteiger partial charge on any atom is -0.494 e. The van der Waals surface area contributed by atoms with Crippen LogP contribution in [0.1, 0.15) is 40.6 Å². The Labute approximate surface area is 225 Å². The molecule has 4 heterocycles. The molecule has 1 unspecified atom stereocenters. The number of nitrogens with zero attached hydrogens (tertiary/aromatic N) is 2. The lowest BCUT2D eigenvalue weighted by Gasteiger charge is -2.38. The number of ether oxygens (including phenoxy) is 2. The molecule has 0 aliphatic carbocycles. The average Bonchev–Trinajstić information content (AvgIpc) is 3.37. The summed E-state index contributed by atoms with van der Waals surface area (Å²) in [7, 11) is 0. The van der Waals surface area contributed by atoms with Crippen molar-refractivity contribution in [1.29, 1.82) is 0 Å². The second-order valence-electron chi connectivity index (χ2n) is 9.59. The normalized spacial score (nSPS) is 17.5. The first-order valence-electron chi connectivity index (χ1n) is 13.0. The highest BCUT2D eigenvalue weighted by molar-refractivity contribution is 7.18. The van der Waals surface area contributed by atoms with Crippen LogP contribution in [0.25, 0.3) is 10.2 Å². The summed E-state index contributed by atoms with van der Waals surface area (Å²) in [5.41, 5.74) is 4.20. The Morgan fingerprint density at radius 1 is 1.05 bits per heavy atom. The van der Waals surface area contributed by atoms with Crippen LogP contribution in [0.4, 0.5) is 0 Å². The molecular formula is C30H29N3O4S. The summed E-state index contributed by atoms with van der Waals surface area (Å²) in [6.45, 7) is 1.58. The van der Waals surface area contributed by atoms with Crippen molar-refractivity contribution in [2.75, 3.05) is 26.3 Å². The maximum atomic E-state index is 13.7. The van der Waals surface area contributed by atoms with Gasteiger partial charge in [-0.2, -0.15) is 0 Å². The quantitative estimate of drug-likeness (QED) is 0.419. The van der Waals surface area contributed by atoms with Crippen LogP contribution in [0.5, 0.6) is 11.5 Å². The minimum atomic E-state index is -0.226. The Balaban J connectivity index is 1.30. The number of amides is 2. The van der Waals surface area contributed by atoms with Gasteiger partial charge in [0.05, 0.1) is 27.9 Å². The summed E-state index contributed by atoms with van der Waals surface area (Å²) in [4.78, 5) is 32.6. The topological polar surface area (TPSA) is 80.8 Å². The molecule has 8 heteroatoms.